The second kappa shape index (κ2) is 11.9. The van der Waals surface area contributed by atoms with Crippen LogP contribution in [-0.2, 0) is 14.3 Å². The Bertz CT molecular complexity index is 541. The zero-order valence-corrected chi connectivity index (χ0v) is 15.0. The van der Waals surface area contributed by atoms with Crippen LogP contribution in [-0.4, -0.2) is 50.2 Å². The molecule has 25 heavy (non-hydrogen) atoms. The molecule has 0 saturated heterocycles. The molecule has 1 aromatic carbocycles. The summed E-state index contributed by atoms with van der Waals surface area (Å²) in [7, 11) is 1.61. The van der Waals surface area contributed by atoms with Crippen LogP contribution >= 0.6 is 0 Å². The number of esters is 1. The SMILES string of the molecule is C=CCN(CCC(=O)OCC)C(=O)CCCOc1ccc(OC)cc1. The lowest BCUT2D eigenvalue weighted by Gasteiger charge is -2.20. The number of nitrogens with zero attached hydrogens (tertiary/aromatic N) is 1. The molecule has 0 heterocycles. The lowest BCUT2D eigenvalue weighted by atomic mass is 10.2. The maximum absolute atomic E-state index is 12.3. The Labute approximate surface area is 149 Å². The third-order valence-electron chi connectivity index (χ3n) is 3.46. The molecular formula is C19H27NO5. The van der Waals surface area contributed by atoms with Gasteiger partial charge in [-0.2, -0.15) is 0 Å². The monoisotopic (exact) mass is 349 g/mol. The van der Waals surface area contributed by atoms with Gasteiger partial charge in [0.15, 0.2) is 0 Å². The van der Waals surface area contributed by atoms with Crippen LogP contribution in [0.1, 0.15) is 26.2 Å². The van der Waals surface area contributed by atoms with Crippen molar-refractivity contribution in [3.8, 4) is 11.5 Å². The predicted octanol–water partition coefficient (Wildman–Crippen LogP) is 2.82. The average molecular weight is 349 g/mol. The summed E-state index contributed by atoms with van der Waals surface area (Å²) in [5, 5.41) is 0. The van der Waals surface area contributed by atoms with Crippen molar-refractivity contribution in [2.45, 2.75) is 26.2 Å². The van der Waals surface area contributed by atoms with Crippen LogP contribution in [0, 0.1) is 0 Å². The van der Waals surface area contributed by atoms with Gasteiger partial charge in [-0.05, 0) is 37.6 Å². The molecule has 0 N–H and O–H groups in total. The van der Waals surface area contributed by atoms with Crippen molar-refractivity contribution in [2.24, 2.45) is 0 Å². The molecule has 0 unspecified atom stereocenters. The molecule has 0 fully saturated rings. The van der Waals surface area contributed by atoms with E-state index in [0.717, 1.165) is 11.5 Å². The first-order valence-corrected chi connectivity index (χ1v) is 8.41. The van der Waals surface area contributed by atoms with Crippen LogP contribution in [0.15, 0.2) is 36.9 Å². The number of carbonyl (C=O) groups excluding carboxylic acids is 2. The van der Waals surface area contributed by atoms with Gasteiger partial charge >= 0.3 is 5.97 Å². The van der Waals surface area contributed by atoms with E-state index in [9.17, 15) is 9.59 Å². The largest absolute Gasteiger partial charge is 0.497 e. The molecular weight excluding hydrogens is 322 g/mol. The molecule has 1 amide bonds. The molecule has 0 bridgehead atoms. The van der Waals surface area contributed by atoms with E-state index in [-0.39, 0.29) is 18.3 Å². The lowest BCUT2D eigenvalue weighted by molar-refractivity contribution is -0.144. The zero-order chi connectivity index (χ0) is 18.5. The fraction of sp³-hybridized carbons (Fsp3) is 0.474. The summed E-state index contributed by atoms with van der Waals surface area (Å²) >= 11 is 0. The van der Waals surface area contributed by atoms with Crippen molar-refractivity contribution >= 4 is 11.9 Å². The predicted molar refractivity (Wildman–Crippen MR) is 95.8 cm³/mol. The minimum Gasteiger partial charge on any atom is -0.497 e. The van der Waals surface area contributed by atoms with Crippen molar-refractivity contribution in [3.63, 3.8) is 0 Å². The van der Waals surface area contributed by atoms with E-state index in [4.69, 9.17) is 14.2 Å². The van der Waals surface area contributed by atoms with E-state index in [1.165, 1.54) is 0 Å². The van der Waals surface area contributed by atoms with Gasteiger partial charge in [0.2, 0.25) is 5.91 Å². The highest BCUT2D eigenvalue weighted by Crippen LogP contribution is 2.17. The highest BCUT2D eigenvalue weighted by molar-refractivity contribution is 5.77. The minimum absolute atomic E-state index is 0.0254. The van der Waals surface area contributed by atoms with Gasteiger partial charge in [-0.1, -0.05) is 6.08 Å². The fourth-order valence-corrected chi connectivity index (χ4v) is 2.18. The summed E-state index contributed by atoms with van der Waals surface area (Å²) in [6.07, 6.45) is 2.79. The van der Waals surface area contributed by atoms with Crippen LogP contribution < -0.4 is 9.47 Å². The number of carbonyl (C=O) groups is 2. The maximum Gasteiger partial charge on any atom is 0.307 e. The molecule has 0 radical (unpaired) electrons. The van der Waals surface area contributed by atoms with Crippen LogP contribution in [0.3, 0.4) is 0 Å². The number of benzene rings is 1. The van der Waals surface area contributed by atoms with Gasteiger partial charge in [0.1, 0.15) is 11.5 Å². The minimum atomic E-state index is -0.299. The molecule has 0 aliphatic carbocycles. The molecule has 0 aliphatic rings. The van der Waals surface area contributed by atoms with E-state index >= 15 is 0 Å². The average Bonchev–Trinajstić information content (AvgIpc) is 2.62. The highest BCUT2D eigenvalue weighted by atomic mass is 16.5. The first-order valence-electron chi connectivity index (χ1n) is 8.41. The van der Waals surface area contributed by atoms with Gasteiger partial charge in [-0.25, -0.2) is 0 Å². The van der Waals surface area contributed by atoms with Gasteiger partial charge in [-0.3, -0.25) is 9.59 Å². The summed E-state index contributed by atoms with van der Waals surface area (Å²) in [4.78, 5) is 25.3. The van der Waals surface area contributed by atoms with Crippen molar-refractivity contribution < 1.29 is 23.8 Å². The van der Waals surface area contributed by atoms with E-state index < -0.39 is 0 Å². The number of amides is 1. The van der Waals surface area contributed by atoms with Crippen molar-refractivity contribution in [3.05, 3.63) is 36.9 Å². The van der Waals surface area contributed by atoms with Crippen LogP contribution in [0.4, 0.5) is 0 Å². The highest BCUT2D eigenvalue weighted by Gasteiger charge is 2.14. The molecule has 1 rings (SSSR count). The third-order valence-corrected chi connectivity index (χ3v) is 3.46. The normalized spacial score (nSPS) is 10.0. The number of rotatable bonds is 12. The van der Waals surface area contributed by atoms with E-state index in [1.807, 2.05) is 24.3 Å². The Morgan fingerprint density at radius 1 is 1.16 bits per heavy atom. The molecule has 6 nitrogen and oxygen atoms in total. The molecule has 138 valence electrons. The summed E-state index contributed by atoms with van der Waals surface area (Å²) in [6, 6.07) is 7.29. The van der Waals surface area contributed by atoms with E-state index in [2.05, 4.69) is 6.58 Å². The molecule has 1 aromatic rings. The number of methoxy groups -OCH3 is 1. The Balaban J connectivity index is 2.32. The van der Waals surface area contributed by atoms with E-state index in [1.54, 1.807) is 25.0 Å². The van der Waals surface area contributed by atoms with Gasteiger partial charge in [-0.15, -0.1) is 6.58 Å². The summed E-state index contributed by atoms with van der Waals surface area (Å²) in [6.45, 7) is 6.95. The molecule has 6 heteroatoms. The number of ether oxygens (including phenoxy) is 3. The fourth-order valence-electron chi connectivity index (χ4n) is 2.18. The topological polar surface area (TPSA) is 65.1 Å². The molecule has 0 aliphatic heterocycles. The summed E-state index contributed by atoms with van der Waals surface area (Å²) in [5.74, 6) is 1.18. The van der Waals surface area contributed by atoms with Gasteiger partial charge in [0, 0.05) is 19.5 Å². The Morgan fingerprint density at radius 2 is 1.84 bits per heavy atom. The Morgan fingerprint density at radius 3 is 2.44 bits per heavy atom. The first kappa shape index (κ1) is 20.5. The van der Waals surface area contributed by atoms with Crippen LogP contribution in [0.5, 0.6) is 11.5 Å². The van der Waals surface area contributed by atoms with E-state index in [0.29, 0.717) is 39.1 Å². The van der Waals surface area contributed by atoms with Crippen molar-refractivity contribution in [1.29, 1.82) is 0 Å². The Hall–Kier alpha value is -2.50. The first-order chi connectivity index (χ1) is 12.1. The second-order valence-electron chi connectivity index (χ2n) is 5.31. The Kier molecular flexibility index (Phi) is 9.82. The zero-order valence-electron chi connectivity index (χ0n) is 15.0. The van der Waals surface area contributed by atoms with Crippen LogP contribution in [0.25, 0.3) is 0 Å². The van der Waals surface area contributed by atoms with Crippen molar-refractivity contribution in [2.75, 3.05) is 33.4 Å². The summed E-state index contributed by atoms with van der Waals surface area (Å²) < 4.78 is 15.6. The number of hydrogen-bond donors (Lipinski definition) is 0. The smallest absolute Gasteiger partial charge is 0.307 e. The quantitative estimate of drug-likeness (QED) is 0.330. The standard InChI is InChI=1S/C19H27NO5/c1-4-13-20(14-12-19(22)24-5-2)18(21)7-6-15-25-17-10-8-16(23-3)9-11-17/h4,8-11H,1,5-7,12-15H2,2-3H3. The second-order valence-corrected chi connectivity index (χ2v) is 5.31. The lowest BCUT2D eigenvalue weighted by Crippen LogP contribution is -2.33. The van der Waals surface area contributed by atoms with Crippen molar-refractivity contribution in [1.82, 2.24) is 4.90 Å². The molecule has 0 saturated carbocycles. The number of hydrogen-bond acceptors (Lipinski definition) is 5. The van der Waals surface area contributed by atoms with Gasteiger partial charge < -0.3 is 19.1 Å². The van der Waals surface area contributed by atoms with Crippen LogP contribution in [0.2, 0.25) is 0 Å². The summed E-state index contributed by atoms with van der Waals surface area (Å²) in [5.41, 5.74) is 0. The van der Waals surface area contributed by atoms with Gasteiger partial charge in [0.05, 0.1) is 26.7 Å². The molecule has 0 atom stereocenters. The molecule has 0 spiro atoms. The maximum atomic E-state index is 12.3. The third kappa shape index (κ3) is 8.24. The molecule has 0 aromatic heterocycles. The van der Waals surface area contributed by atoms with Gasteiger partial charge in [0.25, 0.3) is 0 Å².